The van der Waals surface area contributed by atoms with E-state index in [1.54, 1.807) is 0 Å². The summed E-state index contributed by atoms with van der Waals surface area (Å²) in [6, 6.07) is 0. The Morgan fingerprint density at radius 2 is 1.88 bits per heavy atom. The molecule has 2 rings (SSSR count). The molecule has 0 fully saturated rings. The number of hydrogen-bond acceptors (Lipinski definition) is 5. The fraction of sp³-hybridized carbons (Fsp3) is 0.125. The van der Waals surface area contributed by atoms with Gasteiger partial charge in [-0.2, -0.15) is 0 Å². The summed E-state index contributed by atoms with van der Waals surface area (Å²) in [6.45, 7) is 0. The second kappa shape index (κ2) is 3.80. The van der Waals surface area contributed by atoms with E-state index in [4.69, 9.17) is 23.2 Å². The zero-order valence-electron chi connectivity index (χ0n) is 7.98. The van der Waals surface area contributed by atoms with Crippen LogP contribution < -0.4 is 0 Å². The van der Waals surface area contributed by atoms with E-state index in [-0.39, 0.29) is 20.8 Å². The summed E-state index contributed by atoms with van der Waals surface area (Å²) in [4.78, 5) is 11.4. The van der Waals surface area contributed by atoms with Crippen LogP contribution in [0.5, 0.6) is 0 Å². The molecule has 8 heteroatoms. The Bertz CT molecular complexity index is 672. The first-order valence-electron chi connectivity index (χ1n) is 4.06. The van der Waals surface area contributed by atoms with Gasteiger partial charge in [-0.15, -0.1) is 0 Å². The summed E-state index contributed by atoms with van der Waals surface area (Å²) in [5.74, 6) is 0. The first-order chi connectivity index (χ1) is 7.39. The Morgan fingerprint density at radius 3 is 2.50 bits per heavy atom. The molecule has 0 spiro atoms. The number of sulfone groups is 1. The zero-order chi connectivity index (χ0) is 11.9. The van der Waals surface area contributed by atoms with Gasteiger partial charge in [0.05, 0.1) is 15.9 Å². The van der Waals surface area contributed by atoms with E-state index in [1.807, 2.05) is 0 Å². The molecule has 0 atom stereocenters. The molecule has 0 aromatic carbocycles. The lowest BCUT2D eigenvalue weighted by molar-refractivity contribution is 0.594. The summed E-state index contributed by atoms with van der Waals surface area (Å²) in [7, 11) is -3.47. The smallest absolute Gasteiger partial charge is 0.242 e. The molecule has 0 aliphatic heterocycles. The average molecular weight is 278 g/mol. The van der Waals surface area contributed by atoms with E-state index in [9.17, 15) is 8.42 Å². The van der Waals surface area contributed by atoms with Crippen molar-refractivity contribution < 1.29 is 8.42 Å². The maximum absolute atomic E-state index is 11.3. The fourth-order valence-electron chi connectivity index (χ4n) is 1.12. The first-order valence-corrected chi connectivity index (χ1v) is 6.71. The first kappa shape index (κ1) is 11.5. The van der Waals surface area contributed by atoms with Gasteiger partial charge in [-0.25, -0.2) is 23.4 Å². The summed E-state index contributed by atoms with van der Waals surface area (Å²) in [6.07, 6.45) is 3.62. The molecular weight excluding hydrogens is 273 g/mol. The molecule has 0 bridgehead atoms. The minimum Gasteiger partial charge on any atom is -0.242 e. The summed E-state index contributed by atoms with van der Waals surface area (Å²) in [5.41, 5.74) is 0.275. The normalized spacial score (nSPS) is 11.9. The Kier molecular flexibility index (Phi) is 2.73. The van der Waals surface area contributed by atoms with Gasteiger partial charge in [0.15, 0.2) is 0 Å². The van der Waals surface area contributed by atoms with Gasteiger partial charge < -0.3 is 0 Å². The Labute approximate surface area is 101 Å². The lowest BCUT2D eigenvalue weighted by Gasteiger charge is -2.02. The summed E-state index contributed by atoms with van der Waals surface area (Å²) >= 11 is 11.6. The van der Waals surface area contributed by atoms with Gasteiger partial charge in [0, 0.05) is 18.6 Å². The van der Waals surface area contributed by atoms with Crippen LogP contribution in [0.1, 0.15) is 0 Å². The van der Waals surface area contributed by atoms with Gasteiger partial charge in [0.25, 0.3) is 0 Å². The van der Waals surface area contributed by atoms with Crippen LogP contribution in [0, 0.1) is 0 Å². The average Bonchev–Trinajstić information content (AvgIpc) is 2.22. The van der Waals surface area contributed by atoms with E-state index >= 15 is 0 Å². The van der Waals surface area contributed by atoms with Gasteiger partial charge in [-0.05, 0) is 0 Å². The molecule has 2 heterocycles. The van der Waals surface area contributed by atoms with Gasteiger partial charge in [0.2, 0.25) is 15.0 Å². The minimum atomic E-state index is -3.47. The predicted molar refractivity (Wildman–Crippen MR) is 60.5 cm³/mol. The SMILES string of the molecule is CS(=O)(=O)c1ncc2c(Cl)ncc(Cl)c2n1. The fourth-order valence-corrected chi connectivity index (χ4v) is 2.00. The third-order valence-corrected chi connectivity index (χ3v) is 3.28. The van der Waals surface area contributed by atoms with Crippen molar-refractivity contribution in [2.45, 2.75) is 5.16 Å². The number of rotatable bonds is 1. The number of pyridine rings is 1. The van der Waals surface area contributed by atoms with Crippen molar-refractivity contribution in [2.24, 2.45) is 0 Å². The van der Waals surface area contributed by atoms with Crippen LogP contribution >= 0.6 is 23.2 Å². The van der Waals surface area contributed by atoms with Crippen molar-refractivity contribution in [3.8, 4) is 0 Å². The summed E-state index contributed by atoms with van der Waals surface area (Å²) < 4.78 is 22.5. The quantitative estimate of drug-likeness (QED) is 0.586. The third-order valence-electron chi connectivity index (χ3n) is 1.84. The molecule has 0 unspecified atom stereocenters. The number of hydrogen-bond donors (Lipinski definition) is 0. The molecule has 0 saturated carbocycles. The highest BCUT2D eigenvalue weighted by Gasteiger charge is 2.14. The predicted octanol–water partition coefficient (Wildman–Crippen LogP) is 1.74. The van der Waals surface area contributed by atoms with Crippen molar-refractivity contribution in [3.05, 3.63) is 22.6 Å². The molecule has 0 amide bonds. The van der Waals surface area contributed by atoms with Crippen LogP contribution in [0.3, 0.4) is 0 Å². The topological polar surface area (TPSA) is 72.8 Å². The van der Waals surface area contributed by atoms with Crippen molar-refractivity contribution >= 4 is 43.9 Å². The highest BCUT2D eigenvalue weighted by atomic mass is 35.5. The number of halogens is 2. The molecular formula is C8H5Cl2N3O2S. The lowest BCUT2D eigenvalue weighted by Crippen LogP contribution is -2.04. The molecule has 0 aliphatic carbocycles. The standard InChI is InChI=1S/C8H5Cl2N3O2S/c1-16(14,15)8-12-2-4-6(13-8)5(9)3-11-7(4)10/h2-3H,1H3. The van der Waals surface area contributed by atoms with E-state index < -0.39 is 9.84 Å². The highest BCUT2D eigenvalue weighted by molar-refractivity contribution is 7.90. The molecule has 2 aromatic rings. The van der Waals surface area contributed by atoms with E-state index in [0.29, 0.717) is 5.39 Å². The van der Waals surface area contributed by atoms with Crippen molar-refractivity contribution in [1.82, 2.24) is 15.0 Å². The molecule has 2 aromatic heterocycles. The molecule has 0 N–H and O–H groups in total. The van der Waals surface area contributed by atoms with E-state index in [2.05, 4.69) is 15.0 Å². The molecule has 0 aliphatic rings. The van der Waals surface area contributed by atoms with Crippen LogP contribution in [-0.2, 0) is 9.84 Å². The van der Waals surface area contributed by atoms with Gasteiger partial charge in [0.1, 0.15) is 5.15 Å². The number of fused-ring (bicyclic) bond motifs is 1. The molecule has 0 radical (unpaired) electrons. The lowest BCUT2D eigenvalue weighted by atomic mass is 10.3. The monoisotopic (exact) mass is 277 g/mol. The van der Waals surface area contributed by atoms with Gasteiger partial charge >= 0.3 is 0 Å². The van der Waals surface area contributed by atoms with Gasteiger partial charge in [-0.1, -0.05) is 23.2 Å². The van der Waals surface area contributed by atoms with Crippen molar-refractivity contribution in [1.29, 1.82) is 0 Å². The highest BCUT2D eigenvalue weighted by Crippen LogP contribution is 2.25. The third kappa shape index (κ3) is 1.95. The maximum atomic E-state index is 11.3. The maximum Gasteiger partial charge on any atom is 0.247 e. The van der Waals surface area contributed by atoms with Crippen LogP contribution in [0.25, 0.3) is 10.9 Å². The van der Waals surface area contributed by atoms with Crippen LogP contribution in [-0.4, -0.2) is 29.6 Å². The Morgan fingerprint density at radius 1 is 1.19 bits per heavy atom. The van der Waals surface area contributed by atoms with Crippen LogP contribution in [0.4, 0.5) is 0 Å². The Balaban J connectivity index is 2.86. The molecule has 84 valence electrons. The zero-order valence-corrected chi connectivity index (χ0v) is 10.3. The second-order valence-electron chi connectivity index (χ2n) is 3.08. The number of nitrogens with zero attached hydrogens (tertiary/aromatic N) is 3. The Hall–Kier alpha value is -0.980. The molecule has 16 heavy (non-hydrogen) atoms. The molecule has 0 saturated heterocycles. The van der Waals surface area contributed by atoms with Crippen LogP contribution in [0.15, 0.2) is 17.6 Å². The van der Waals surface area contributed by atoms with Crippen molar-refractivity contribution in [2.75, 3.05) is 6.26 Å². The van der Waals surface area contributed by atoms with Crippen LogP contribution in [0.2, 0.25) is 10.2 Å². The largest absolute Gasteiger partial charge is 0.247 e. The number of aromatic nitrogens is 3. The second-order valence-corrected chi connectivity index (χ2v) is 5.76. The molecule has 5 nitrogen and oxygen atoms in total. The van der Waals surface area contributed by atoms with Gasteiger partial charge in [-0.3, -0.25) is 0 Å². The van der Waals surface area contributed by atoms with Crippen molar-refractivity contribution in [3.63, 3.8) is 0 Å². The van der Waals surface area contributed by atoms with E-state index in [1.165, 1.54) is 12.4 Å². The minimum absolute atomic E-state index is 0.180. The van der Waals surface area contributed by atoms with E-state index in [0.717, 1.165) is 6.26 Å². The summed E-state index contributed by atoms with van der Waals surface area (Å²) in [5, 5.41) is 0.539.